The predicted molar refractivity (Wildman–Crippen MR) is 82.0 cm³/mol. The number of halogens is 2. The van der Waals surface area contributed by atoms with Gasteiger partial charge >= 0.3 is 0 Å². The molecule has 0 unspecified atom stereocenters. The minimum absolute atomic E-state index is 0.534. The fourth-order valence-corrected chi connectivity index (χ4v) is 2.09. The minimum Gasteiger partial charge on any atom is -0.362 e. The lowest BCUT2D eigenvalue weighted by atomic mass is 10.1. The molecule has 0 saturated carbocycles. The monoisotopic (exact) mass is 304 g/mol. The summed E-state index contributed by atoms with van der Waals surface area (Å²) in [4.78, 5) is 0.541. The summed E-state index contributed by atoms with van der Waals surface area (Å²) in [5, 5.41) is 6.68. The number of nitrogens with one attached hydrogen (secondary N) is 2. The highest BCUT2D eigenvalue weighted by molar-refractivity contribution is 7.99. The predicted octanol–water partition coefficient (Wildman–Crippen LogP) is 4.33. The van der Waals surface area contributed by atoms with E-state index in [1.54, 1.807) is 24.3 Å². The first-order valence-corrected chi connectivity index (χ1v) is 7.36. The van der Waals surface area contributed by atoms with Crippen LogP contribution >= 0.6 is 24.0 Å². The first-order chi connectivity index (χ1) is 8.97. The van der Waals surface area contributed by atoms with E-state index < -0.39 is 5.76 Å². The van der Waals surface area contributed by atoms with Gasteiger partial charge in [0.15, 0.2) is 5.11 Å². The second-order valence-corrected chi connectivity index (χ2v) is 5.94. The summed E-state index contributed by atoms with van der Waals surface area (Å²) in [6.45, 7) is 5.12. The van der Waals surface area contributed by atoms with Crippen LogP contribution in [0.1, 0.15) is 20.3 Å². The smallest absolute Gasteiger partial charge is 0.288 e. The molecule has 2 N–H and O–H groups in total. The maximum Gasteiger partial charge on any atom is 0.288 e. The fourth-order valence-electron chi connectivity index (χ4n) is 1.37. The first-order valence-electron chi connectivity index (χ1n) is 6.07. The van der Waals surface area contributed by atoms with Crippen molar-refractivity contribution in [2.45, 2.75) is 30.9 Å². The Labute approximate surface area is 122 Å². The molecule has 106 valence electrons. The molecule has 0 fully saturated rings. The Bertz CT molecular complexity index is 394. The molecule has 2 nitrogen and oxygen atoms in total. The van der Waals surface area contributed by atoms with Crippen LogP contribution in [0.25, 0.3) is 0 Å². The van der Waals surface area contributed by atoms with Gasteiger partial charge in [-0.05, 0) is 48.8 Å². The molecule has 0 spiro atoms. The normalized spacial score (nSPS) is 10.8. The molecule has 0 heterocycles. The zero-order valence-electron chi connectivity index (χ0n) is 11.0. The fraction of sp³-hybridized carbons (Fsp3) is 0.462. The third-order valence-electron chi connectivity index (χ3n) is 2.34. The van der Waals surface area contributed by atoms with E-state index in [4.69, 9.17) is 12.2 Å². The number of hydrogen-bond acceptors (Lipinski definition) is 2. The minimum atomic E-state index is -2.39. The highest BCUT2D eigenvalue weighted by Gasteiger charge is 2.05. The Balaban J connectivity index is 2.38. The summed E-state index contributed by atoms with van der Waals surface area (Å²) in [5.74, 6) is -1.77. The Kier molecular flexibility index (Phi) is 7.09. The van der Waals surface area contributed by atoms with E-state index in [1.165, 1.54) is 0 Å². The van der Waals surface area contributed by atoms with Crippen LogP contribution in [0.15, 0.2) is 29.2 Å². The van der Waals surface area contributed by atoms with Crippen LogP contribution in [0.3, 0.4) is 0 Å². The molecule has 0 atom stereocenters. The van der Waals surface area contributed by atoms with E-state index in [-0.39, 0.29) is 0 Å². The van der Waals surface area contributed by atoms with Crippen LogP contribution in [0.2, 0.25) is 0 Å². The van der Waals surface area contributed by atoms with Gasteiger partial charge < -0.3 is 10.6 Å². The van der Waals surface area contributed by atoms with Crippen molar-refractivity contribution in [3.8, 4) is 0 Å². The van der Waals surface area contributed by atoms with Crippen LogP contribution in [0, 0.1) is 5.92 Å². The topological polar surface area (TPSA) is 24.1 Å². The van der Waals surface area contributed by atoms with Crippen molar-refractivity contribution < 1.29 is 8.78 Å². The van der Waals surface area contributed by atoms with Gasteiger partial charge in [0.2, 0.25) is 0 Å². The molecule has 0 saturated heterocycles. The van der Waals surface area contributed by atoms with Crippen molar-refractivity contribution in [2.75, 3.05) is 11.9 Å². The molecule has 1 aromatic rings. The van der Waals surface area contributed by atoms with Gasteiger partial charge in [0.05, 0.1) is 0 Å². The zero-order valence-corrected chi connectivity index (χ0v) is 12.6. The number of anilines is 1. The van der Waals surface area contributed by atoms with E-state index in [9.17, 15) is 8.78 Å². The summed E-state index contributed by atoms with van der Waals surface area (Å²) < 4.78 is 24.3. The zero-order chi connectivity index (χ0) is 14.3. The van der Waals surface area contributed by atoms with E-state index in [1.807, 2.05) is 0 Å². The molecule has 0 aliphatic carbocycles. The van der Waals surface area contributed by atoms with Crippen LogP contribution in [-0.4, -0.2) is 17.4 Å². The van der Waals surface area contributed by atoms with E-state index >= 15 is 0 Å². The third kappa shape index (κ3) is 7.32. The number of rotatable bonds is 6. The maximum absolute atomic E-state index is 12.2. The quantitative estimate of drug-likeness (QED) is 0.603. The Morgan fingerprint density at radius 3 is 2.42 bits per heavy atom. The lowest BCUT2D eigenvalue weighted by Crippen LogP contribution is -2.29. The molecule has 6 heteroatoms. The molecule has 0 aliphatic heterocycles. The summed E-state index contributed by atoms with van der Waals surface area (Å²) in [5.41, 5.74) is 0.792. The highest BCUT2D eigenvalue weighted by Crippen LogP contribution is 2.26. The Morgan fingerprint density at radius 1 is 1.26 bits per heavy atom. The van der Waals surface area contributed by atoms with Gasteiger partial charge in [0.1, 0.15) is 0 Å². The van der Waals surface area contributed by atoms with Crippen molar-refractivity contribution in [1.82, 2.24) is 5.32 Å². The van der Waals surface area contributed by atoms with Gasteiger partial charge in [-0.2, -0.15) is 8.78 Å². The molecule has 0 bridgehead atoms. The first kappa shape index (κ1) is 16.2. The van der Waals surface area contributed by atoms with Crippen molar-refractivity contribution in [1.29, 1.82) is 0 Å². The summed E-state index contributed by atoms with van der Waals surface area (Å²) in [6, 6.07) is 6.77. The standard InChI is InChI=1S/C13H18F2N2S2/c1-9(2)7-8-16-13(18)17-10-3-5-11(6-4-10)19-12(14)15/h3-6,9,12H,7-8H2,1-2H3,(H2,16,17,18). The van der Waals surface area contributed by atoms with Crippen molar-refractivity contribution in [3.63, 3.8) is 0 Å². The molecular formula is C13H18F2N2S2. The van der Waals surface area contributed by atoms with Crippen LogP contribution in [-0.2, 0) is 0 Å². The van der Waals surface area contributed by atoms with Gasteiger partial charge in [-0.1, -0.05) is 25.6 Å². The number of hydrogen-bond donors (Lipinski definition) is 2. The summed E-state index contributed by atoms with van der Waals surface area (Å²) in [6.07, 6.45) is 1.05. The maximum atomic E-state index is 12.2. The van der Waals surface area contributed by atoms with E-state index in [0.717, 1.165) is 18.7 Å². The van der Waals surface area contributed by atoms with Crippen molar-refractivity contribution >= 4 is 34.8 Å². The molecule has 0 aliphatic rings. The number of alkyl halides is 2. The average Bonchev–Trinajstić information content (AvgIpc) is 2.30. The van der Waals surface area contributed by atoms with E-state index in [0.29, 0.717) is 27.7 Å². The number of thiocarbonyl (C=S) groups is 1. The molecule has 1 rings (SSSR count). The van der Waals surface area contributed by atoms with Crippen molar-refractivity contribution in [3.05, 3.63) is 24.3 Å². The van der Waals surface area contributed by atoms with Crippen LogP contribution in [0.5, 0.6) is 0 Å². The average molecular weight is 304 g/mol. The highest BCUT2D eigenvalue weighted by atomic mass is 32.2. The van der Waals surface area contributed by atoms with Crippen LogP contribution < -0.4 is 10.6 Å². The largest absolute Gasteiger partial charge is 0.362 e. The number of thioether (sulfide) groups is 1. The van der Waals surface area contributed by atoms with Gasteiger partial charge in [0.25, 0.3) is 5.76 Å². The summed E-state index contributed by atoms with van der Waals surface area (Å²) in [7, 11) is 0. The molecule has 1 aromatic carbocycles. The molecule has 19 heavy (non-hydrogen) atoms. The summed E-state index contributed by atoms with van der Waals surface area (Å²) >= 11 is 5.68. The lowest BCUT2D eigenvalue weighted by molar-refractivity contribution is 0.252. The van der Waals surface area contributed by atoms with Crippen molar-refractivity contribution in [2.24, 2.45) is 5.92 Å². The molecular weight excluding hydrogens is 286 g/mol. The van der Waals surface area contributed by atoms with Gasteiger partial charge in [-0.3, -0.25) is 0 Å². The molecule has 0 amide bonds. The molecule has 0 radical (unpaired) electrons. The van der Waals surface area contributed by atoms with Crippen LogP contribution in [0.4, 0.5) is 14.5 Å². The van der Waals surface area contributed by atoms with Gasteiger partial charge in [0, 0.05) is 17.1 Å². The Morgan fingerprint density at radius 2 is 1.89 bits per heavy atom. The third-order valence-corrected chi connectivity index (χ3v) is 3.31. The van der Waals surface area contributed by atoms with Gasteiger partial charge in [-0.15, -0.1) is 0 Å². The number of benzene rings is 1. The second-order valence-electron chi connectivity index (χ2n) is 4.47. The second kappa shape index (κ2) is 8.32. The molecule has 0 aromatic heterocycles. The Hall–Kier alpha value is -0.880. The van der Waals surface area contributed by atoms with Gasteiger partial charge in [-0.25, -0.2) is 0 Å². The SMILES string of the molecule is CC(C)CCNC(=S)Nc1ccc(SC(F)F)cc1. The lowest BCUT2D eigenvalue weighted by Gasteiger charge is -2.11. The van der Waals surface area contributed by atoms with E-state index in [2.05, 4.69) is 24.5 Å².